The van der Waals surface area contributed by atoms with Gasteiger partial charge < -0.3 is 14.9 Å². The lowest BCUT2D eigenvalue weighted by Crippen LogP contribution is -2.45. The van der Waals surface area contributed by atoms with Gasteiger partial charge in [-0.3, -0.25) is 9.69 Å². The predicted molar refractivity (Wildman–Crippen MR) is 94.8 cm³/mol. The molecule has 0 aromatic rings. The molecule has 136 valence electrons. The van der Waals surface area contributed by atoms with E-state index in [2.05, 4.69) is 16.7 Å². The van der Waals surface area contributed by atoms with Gasteiger partial charge in [0, 0.05) is 25.6 Å². The SMILES string of the molecule is CN(CC#CCN1CCCC1)C(=O)CCCN(C(=O)O)C(C)(C)C. The molecular weight excluding hydrogens is 306 g/mol. The van der Waals surface area contributed by atoms with Crippen LogP contribution in [0.4, 0.5) is 4.79 Å². The van der Waals surface area contributed by atoms with E-state index in [1.165, 1.54) is 17.7 Å². The zero-order valence-electron chi connectivity index (χ0n) is 15.5. The first-order chi connectivity index (χ1) is 11.2. The van der Waals surface area contributed by atoms with Gasteiger partial charge in [-0.2, -0.15) is 0 Å². The van der Waals surface area contributed by atoms with Gasteiger partial charge in [0.05, 0.1) is 13.1 Å². The molecule has 1 heterocycles. The molecule has 0 saturated carbocycles. The summed E-state index contributed by atoms with van der Waals surface area (Å²) in [6, 6.07) is 0. The summed E-state index contributed by atoms with van der Waals surface area (Å²) in [6.45, 7) is 9.37. The maximum absolute atomic E-state index is 12.1. The van der Waals surface area contributed by atoms with Gasteiger partial charge in [-0.05, 0) is 53.1 Å². The molecule has 0 unspecified atom stereocenters. The molecule has 1 saturated heterocycles. The summed E-state index contributed by atoms with van der Waals surface area (Å²) in [5.74, 6) is 6.17. The number of carbonyl (C=O) groups excluding carboxylic acids is 1. The molecule has 24 heavy (non-hydrogen) atoms. The van der Waals surface area contributed by atoms with Gasteiger partial charge in [0.15, 0.2) is 0 Å². The molecule has 1 aliphatic rings. The smallest absolute Gasteiger partial charge is 0.407 e. The van der Waals surface area contributed by atoms with Crippen LogP contribution in [0.2, 0.25) is 0 Å². The lowest BCUT2D eigenvalue weighted by atomic mass is 10.1. The van der Waals surface area contributed by atoms with E-state index >= 15 is 0 Å². The molecular formula is C18H31N3O3. The van der Waals surface area contributed by atoms with Crippen LogP contribution in [-0.4, -0.2) is 77.1 Å². The highest BCUT2D eigenvalue weighted by molar-refractivity contribution is 5.76. The van der Waals surface area contributed by atoms with Gasteiger partial charge in [-0.1, -0.05) is 11.8 Å². The third-order valence-electron chi connectivity index (χ3n) is 4.18. The van der Waals surface area contributed by atoms with Crippen molar-refractivity contribution in [2.45, 2.75) is 52.0 Å². The molecule has 1 fully saturated rings. The molecule has 2 amide bonds. The third-order valence-corrected chi connectivity index (χ3v) is 4.18. The summed E-state index contributed by atoms with van der Waals surface area (Å²) >= 11 is 0. The zero-order chi connectivity index (χ0) is 18.2. The molecule has 6 nitrogen and oxygen atoms in total. The Morgan fingerprint density at radius 1 is 1.17 bits per heavy atom. The molecule has 6 heteroatoms. The van der Waals surface area contributed by atoms with Crippen molar-refractivity contribution in [3.8, 4) is 11.8 Å². The third kappa shape index (κ3) is 7.22. The summed E-state index contributed by atoms with van der Waals surface area (Å²) in [6.07, 6.45) is 2.42. The Balaban J connectivity index is 2.28. The molecule has 1 rings (SSSR count). The van der Waals surface area contributed by atoms with Crippen molar-refractivity contribution in [3.63, 3.8) is 0 Å². The quantitative estimate of drug-likeness (QED) is 0.754. The molecule has 0 aliphatic carbocycles. The maximum atomic E-state index is 12.1. The molecule has 0 atom stereocenters. The van der Waals surface area contributed by atoms with Gasteiger partial charge >= 0.3 is 6.09 Å². The summed E-state index contributed by atoms with van der Waals surface area (Å²) in [5, 5.41) is 9.22. The van der Waals surface area contributed by atoms with Crippen molar-refractivity contribution in [2.24, 2.45) is 0 Å². The summed E-state index contributed by atoms with van der Waals surface area (Å²) in [4.78, 5) is 28.6. The molecule has 0 bridgehead atoms. The maximum Gasteiger partial charge on any atom is 0.407 e. The van der Waals surface area contributed by atoms with Crippen molar-refractivity contribution in [1.82, 2.24) is 14.7 Å². The highest BCUT2D eigenvalue weighted by atomic mass is 16.4. The fourth-order valence-corrected chi connectivity index (χ4v) is 2.67. The Kier molecular flexibility index (Phi) is 8.06. The number of amides is 2. The highest BCUT2D eigenvalue weighted by Gasteiger charge is 2.25. The fourth-order valence-electron chi connectivity index (χ4n) is 2.67. The molecule has 0 radical (unpaired) electrons. The monoisotopic (exact) mass is 337 g/mol. The lowest BCUT2D eigenvalue weighted by Gasteiger charge is -2.33. The van der Waals surface area contributed by atoms with Crippen LogP contribution in [-0.2, 0) is 4.79 Å². The van der Waals surface area contributed by atoms with Crippen molar-refractivity contribution < 1.29 is 14.7 Å². The van der Waals surface area contributed by atoms with E-state index in [1.54, 1.807) is 11.9 Å². The van der Waals surface area contributed by atoms with Gasteiger partial charge in [-0.15, -0.1) is 0 Å². The van der Waals surface area contributed by atoms with Crippen molar-refractivity contribution in [2.75, 3.05) is 39.8 Å². The van der Waals surface area contributed by atoms with Crippen LogP contribution in [0.25, 0.3) is 0 Å². The van der Waals surface area contributed by atoms with Crippen LogP contribution >= 0.6 is 0 Å². The topological polar surface area (TPSA) is 64.1 Å². The number of carboxylic acid groups (broad SMARTS) is 1. The second kappa shape index (κ2) is 9.53. The minimum atomic E-state index is -0.948. The Morgan fingerprint density at radius 2 is 1.79 bits per heavy atom. The number of rotatable bonds is 6. The minimum Gasteiger partial charge on any atom is -0.465 e. The number of carbonyl (C=O) groups is 2. The Bertz CT molecular complexity index is 482. The Hall–Kier alpha value is -1.74. The van der Waals surface area contributed by atoms with Crippen LogP contribution < -0.4 is 0 Å². The predicted octanol–water partition coefficient (Wildman–Crippen LogP) is 2.10. The van der Waals surface area contributed by atoms with Crippen LogP contribution in [0, 0.1) is 11.8 Å². The number of hydrogen-bond acceptors (Lipinski definition) is 3. The molecule has 0 spiro atoms. The molecule has 0 aromatic carbocycles. The van der Waals surface area contributed by atoms with E-state index in [0.717, 1.165) is 19.6 Å². The summed E-state index contributed by atoms with van der Waals surface area (Å²) in [5.41, 5.74) is -0.457. The van der Waals surface area contributed by atoms with Crippen LogP contribution in [0.5, 0.6) is 0 Å². The second-order valence-corrected chi connectivity index (χ2v) is 7.30. The normalized spacial score (nSPS) is 14.8. The average molecular weight is 337 g/mol. The Labute approximate surface area is 145 Å². The standard InChI is InChI=1S/C18H31N3O3/c1-18(2,3)21(17(23)24)15-9-10-16(22)19(4)11-5-6-12-20-13-7-8-14-20/h7-15H2,1-4H3,(H,23,24). The molecule has 1 N–H and O–H groups in total. The van der Waals surface area contributed by atoms with E-state index in [9.17, 15) is 14.7 Å². The van der Waals surface area contributed by atoms with Crippen LogP contribution in [0.3, 0.4) is 0 Å². The van der Waals surface area contributed by atoms with E-state index in [-0.39, 0.29) is 5.91 Å². The number of hydrogen-bond donors (Lipinski definition) is 1. The van der Waals surface area contributed by atoms with E-state index in [4.69, 9.17) is 0 Å². The summed E-state index contributed by atoms with van der Waals surface area (Å²) in [7, 11) is 1.74. The molecule has 0 aromatic heterocycles. The van der Waals surface area contributed by atoms with Gasteiger partial charge in [-0.25, -0.2) is 4.79 Å². The molecule has 1 aliphatic heterocycles. The first kappa shape index (κ1) is 20.3. The van der Waals surface area contributed by atoms with Crippen molar-refractivity contribution >= 4 is 12.0 Å². The van der Waals surface area contributed by atoms with Crippen LogP contribution in [0.15, 0.2) is 0 Å². The van der Waals surface area contributed by atoms with Crippen LogP contribution in [0.1, 0.15) is 46.5 Å². The van der Waals surface area contributed by atoms with Crippen molar-refractivity contribution in [3.05, 3.63) is 0 Å². The van der Waals surface area contributed by atoms with E-state index in [1.807, 2.05) is 20.8 Å². The number of nitrogens with zero attached hydrogens (tertiary/aromatic N) is 3. The fraction of sp³-hybridized carbons (Fsp3) is 0.778. The number of likely N-dealkylation sites (tertiary alicyclic amines) is 1. The van der Waals surface area contributed by atoms with Crippen molar-refractivity contribution in [1.29, 1.82) is 0 Å². The largest absolute Gasteiger partial charge is 0.465 e. The highest BCUT2D eigenvalue weighted by Crippen LogP contribution is 2.14. The van der Waals surface area contributed by atoms with Gasteiger partial charge in [0.2, 0.25) is 5.91 Å². The van der Waals surface area contributed by atoms with E-state index < -0.39 is 11.6 Å². The minimum absolute atomic E-state index is 0.00437. The van der Waals surface area contributed by atoms with Gasteiger partial charge in [0.25, 0.3) is 0 Å². The average Bonchev–Trinajstić information content (AvgIpc) is 2.99. The van der Waals surface area contributed by atoms with E-state index in [0.29, 0.717) is 25.9 Å². The Morgan fingerprint density at radius 3 is 2.33 bits per heavy atom. The first-order valence-corrected chi connectivity index (χ1v) is 8.64. The second-order valence-electron chi connectivity index (χ2n) is 7.30. The lowest BCUT2D eigenvalue weighted by molar-refractivity contribution is -0.129. The van der Waals surface area contributed by atoms with Gasteiger partial charge in [0.1, 0.15) is 0 Å². The zero-order valence-corrected chi connectivity index (χ0v) is 15.5. The first-order valence-electron chi connectivity index (χ1n) is 8.64. The summed E-state index contributed by atoms with van der Waals surface area (Å²) < 4.78 is 0.